The van der Waals surface area contributed by atoms with Crippen LogP contribution in [0.2, 0.25) is 0 Å². The summed E-state index contributed by atoms with van der Waals surface area (Å²) >= 11 is 0. The largest absolute Gasteiger partial charge is 0.295 e. The maximum Gasteiger partial charge on any atom is 0.138 e. The van der Waals surface area contributed by atoms with E-state index in [4.69, 9.17) is 19.9 Å². The monoisotopic (exact) mass is 934 g/mol. The molecule has 0 radical (unpaired) electrons. The van der Waals surface area contributed by atoms with Crippen LogP contribution in [0.4, 0.5) is 34.4 Å². The SMILES string of the molecule is Cc1cc(-c2ccc3ccc4c(-c5ccccc5)cc(N(c5ccccc5)c5ccccc5)nc4c3n2)ccc1-c1ccc2ccc3c(-c4ccccc4)cc(N(c4ccccc4)c4ccccc4)nc3c2n1. The minimum absolute atomic E-state index is 0.812. The van der Waals surface area contributed by atoms with E-state index in [1.165, 1.54) is 0 Å². The van der Waals surface area contributed by atoms with Gasteiger partial charge in [-0.25, -0.2) is 19.9 Å². The molecule has 344 valence electrons. The molecule has 0 bridgehead atoms. The topological polar surface area (TPSA) is 58.0 Å². The minimum atomic E-state index is 0.812. The molecule has 0 aliphatic carbocycles. The molecule has 0 atom stereocenters. The average Bonchev–Trinajstić information content (AvgIpc) is 3.46. The van der Waals surface area contributed by atoms with Crippen LogP contribution in [0.1, 0.15) is 5.56 Å². The Hall–Kier alpha value is -9.78. The van der Waals surface area contributed by atoms with Crippen LogP contribution < -0.4 is 9.80 Å². The molecule has 73 heavy (non-hydrogen) atoms. The zero-order chi connectivity index (χ0) is 48.7. The standard InChI is InChI=1S/C67H46N6/c1-45-42-50(60-40-35-48-32-38-56-58(46-20-8-2-9-21-46)43-62(70-66(56)64(48)68-60)72(51-24-12-4-13-25-51)52-26-14-5-15-27-52)34-37-55(45)61-41-36-49-33-39-57-59(47-22-10-3-11-23-47)44-63(71-67(57)65(49)69-61)73(53-28-16-6-17-29-53)54-30-18-7-19-31-54/h2-44H,1H3. The lowest BCUT2D eigenvalue weighted by Gasteiger charge is -2.25. The number of pyridine rings is 4. The van der Waals surface area contributed by atoms with E-state index in [2.05, 4.69) is 253 Å². The van der Waals surface area contributed by atoms with Crippen LogP contribution in [-0.4, -0.2) is 19.9 Å². The van der Waals surface area contributed by atoms with Gasteiger partial charge in [-0.15, -0.1) is 0 Å². The van der Waals surface area contributed by atoms with E-state index in [0.717, 1.165) is 128 Å². The number of para-hydroxylation sites is 4. The summed E-state index contributed by atoms with van der Waals surface area (Å²) in [5.41, 5.74) is 16.8. The summed E-state index contributed by atoms with van der Waals surface area (Å²) in [6, 6.07) is 91.2. The van der Waals surface area contributed by atoms with E-state index in [1.807, 2.05) is 24.3 Å². The summed E-state index contributed by atoms with van der Waals surface area (Å²) in [4.78, 5) is 26.4. The van der Waals surface area contributed by atoms with Crippen molar-refractivity contribution in [3.63, 3.8) is 0 Å². The van der Waals surface area contributed by atoms with Gasteiger partial charge in [-0.2, -0.15) is 0 Å². The predicted molar refractivity (Wildman–Crippen MR) is 303 cm³/mol. The maximum absolute atomic E-state index is 5.52. The number of hydrogen-bond acceptors (Lipinski definition) is 6. The molecule has 0 saturated carbocycles. The van der Waals surface area contributed by atoms with Crippen LogP contribution in [0.25, 0.3) is 88.4 Å². The van der Waals surface area contributed by atoms with Crippen molar-refractivity contribution in [3.8, 4) is 44.8 Å². The second-order valence-corrected chi connectivity index (χ2v) is 18.3. The minimum Gasteiger partial charge on any atom is -0.295 e. The Morgan fingerprint density at radius 3 is 1.05 bits per heavy atom. The number of hydrogen-bond donors (Lipinski definition) is 0. The molecular formula is C67H46N6. The fourth-order valence-corrected chi connectivity index (χ4v) is 10.2. The molecule has 4 heterocycles. The average molecular weight is 935 g/mol. The molecule has 0 aliphatic heterocycles. The van der Waals surface area contributed by atoms with E-state index in [0.29, 0.717) is 0 Å². The molecule has 4 aromatic heterocycles. The van der Waals surface area contributed by atoms with Gasteiger partial charge in [0.15, 0.2) is 0 Å². The molecule has 0 N–H and O–H groups in total. The molecule has 0 amide bonds. The first kappa shape index (κ1) is 43.3. The molecule has 13 aromatic rings. The Labute approximate surface area is 423 Å². The number of benzene rings is 9. The second-order valence-electron chi connectivity index (χ2n) is 18.3. The zero-order valence-electron chi connectivity index (χ0n) is 40.0. The quantitative estimate of drug-likeness (QED) is 0.127. The molecular weight excluding hydrogens is 889 g/mol. The van der Waals surface area contributed by atoms with Gasteiger partial charge < -0.3 is 0 Å². The van der Waals surface area contributed by atoms with E-state index < -0.39 is 0 Å². The first-order valence-corrected chi connectivity index (χ1v) is 24.6. The number of aromatic nitrogens is 4. The highest BCUT2D eigenvalue weighted by atomic mass is 15.2. The Bertz CT molecular complexity index is 4060. The second kappa shape index (κ2) is 18.5. The Balaban J connectivity index is 0.941. The lowest BCUT2D eigenvalue weighted by molar-refractivity contribution is 1.21. The highest BCUT2D eigenvalue weighted by Crippen LogP contribution is 2.43. The highest BCUT2D eigenvalue weighted by Gasteiger charge is 2.22. The summed E-state index contributed by atoms with van der Waals surface area (Å²) in [6.07, 6.45) is 0. The molecule has 6 heteroatoms. The molecule has 0 saturated heterocycles. The van der Waals surface area contributed by atoms with Gasteiger partial charge in [0.1, 0.15) is 11.6 Å². The summed E-state index contributed by atoms with van der Waals surface area (Å²) in [6.45, 7) is 2.16. The Morgan fingerprint density at radius 2 is 0.644 bits per heavy atom. The van der Waals surface area contributed by atoms with Crippen LogP contribution in [0.3, 0.4) is 0 Å². The first-order chi connectivity index (χ1) is 36.1. The molecule has 0 spiro atoms. The summed E-state index contributed by atoms with van der Waals surface area (Å²) in [7, 11) is 0. The number of rotatable bonds is 10. The molecule has 9 aromatic carbocycles. The van der Waals surface area contributed by atoms with E-state index in [9.17, 15) is 0 Å². The summed E-state index contributed by atoms with van der Waals surface area (Å²) in [5.74, 6) is 1.62. The van der Waals surface area contributed by atoms with Crippen molar-refractivity contribution in [1.82, 2.24) is 19.9 Å². The smallest absolute Gasteiger partial charge is 0.138 e. The lowest BCUT2D eigenvalue weighted by atomic mass is 9.97. The van der Waals surface area contributed by atoms with E-state index in [-0.39, 0.29) is 0 Å². The molecule has 0 aliphatic rings. The fourth-order valence-electron chi connectivity index (χ4n) is 10.2. The molecule has 13 rings (SSSR count). The first-order valence-electron chi connectivity index (χ1n) is 24.6. The van der Waals surface area contributed by atoms with Crippen LogP contribution in [0.5, 0.6) is 0 Å². The van der Waals surface area contributed by atoms with Crippen molar-refractivity contribution in [3.05, 3.63) is 266 Å². The maximum atomic E-state index is 5.52. The van der Waals surface area contributed by atoms with Gasteiger partial charge in [0, 0.05) is 55.4 Å². The van der Waals surface area contributed by atoms with Gasteiger partial charge in [0.2, 0.25) is 0 Å². The predicted octanol–water partition coefficient (Wildman–Crippen LogP) is 17.8. The number of nitrogens with zero attached hydrogens (tertiary/aromatic N) is 6. The zero-order valence-corrected chi connectivity index (χ0v) is 40.0. The highest BCUT2D eigenvalue weighted by molar-refractivity contribution is 6.11. The van der Waals surface area contributed by atoms with E-state index >= 15 is 0 Å². The molecule has 0 fully saturated rings. The van der Waals surface area contributed by atoms with Crippen molar-refractivity contribution in [2.75, 3.05) is 9.80 Å². The third-order valence-electron chi connectivity index (χ3n) is 13.7. The third-order valence-corrected chi connectivity index (χ3v) is 13.7. The van der Waals surface area contributed by atoms with Crippen molar-refractivity contribution < 1.29 is 0 Å². The van der Waals surface area contributed by atoms with Gasteiger partial charge in [0.05, 0.1) is 33.5 Å². The normalized spacial score (nSPS) is 11.4. The van der Waals surface area contributed by atoms with Gasteiger partial charge in [-0.3, -0.25) is 9.80 Å². The lowest BCUT2D eigenvalue weighted by Crippen LogP contribution is -2.12. The van der Waals surface area contributed by atoms with Crippen molar-refractivity contribution in [2.24, 2.45) is 0 Å². The van der Waals surface area contributed by atoms with Crippen molar-refractivity contribution in [2.45, 2.75) is 6.92 Å². The van der Waals surface area contributed by atoms with Crippen molar-refractivity contribution >= 4 is 78.0 Å². The molecule has 6 nitrogen and oxygen atoms in total. The van der Waals surface area contributed by atoms with Gasteiger partial charge in [0.25, 0.3) is 0 Å². The Kier molecular flexibility index (Phi) is 11.0. The van der Waals surface area contributed by atoms with Gasteiger partial charge in [-0.1, -0.05) is 182 Å². The summed E-state index contributed by atoms with van der Waals surface area (Å²) < 4.78 is 0. The third kappa shape index (κ3) is 8.07. The van der Waals surface area contributed by atoms with Crippen molar-refractivity contribution in [1.29, 1.82) is 0 Å². The summed E-state index contributed by atoms with van der Waals surface area (Å²) in [5, 5.41) is 4.13. The van der Waals surface area contributed by atoms with Crippen LogP contribution in [0, 0.1) is 6.92 Å². The number of aryl methyl sites for hydroxylation is 1. The van der Waals surface area contributed by atoms with Gasteiger partial charge >= 0.3 is 0 Å². The number of fused-ring (bicyclic) bond motifs is 6. The number of anilines is 6. The Morgan fingerprint density at radius 1 is 0.274 bits per heavy atom. The van der Waals surface area contributed by atoms with Crippen LogP contribution in [-0.2, 0) is 0 Å². The van der Waals surface area contributed by atoms with Crippen LogP contribution in [0.15, 0.2) is 261 Å². The van der Waals surface area contributed by atoms with Gasteiger partial charge in [-0.05, 0) is 114 Å². The van der Waals surface area contributed by atoms with E-state index in [1.54, 1.807) is 0 Å². The van der Waals surface area contributed by atoms with Crippen LogP contribution >= 0.6 is 0 Å². The fraction of sp³-hybridized carbons (Fsp3) is 0.0149. The molecule has 0 unspecified atom stereocenters.